The highest BCUT2D eigenvalue weighted by molar-refractivity contribution is 5.95. The van der Waals surface area contributed by atoms with Crippen LogP contribution in [0.25, 0.3) is 0 Å². The lowest BCUT2D eigenvalue weighted by atomic mass is 10.1. The van der Waals surface area contributed by atoms with Crippen LogP contribution < -0.4 is 5.32 Å². The van der Waals surface area contributed by atoms with Gasteiger partial charge in [-0.25, -0.2) is 19.5 Å². The number of imide groups is 1. The number of hydrazone groups is 1. The van der Waals surface area contributed by atoms with Gasteiger partial charge in [0.25, 0.3) is 0 Å². The Hall–Kier alpha value is -3.48. The van der Waals surface area contributed by atoms with Gasteiger partial charge in [-0.3, -0.25) is 4.79 Å². The summed E-state index contributed by atoms with van der Waals surface area (Å²) in [4.78, 5) is 36.5. The summed E-state index contributed by atoms with van der Waals surface area (Å²) in [5.74, 6) is 0. The molecular formula is C20H19N4O3. The largest absolute Gasteiger partial charge is 0.348 e. The first kappa shape index (κ1) is 18.3. The normalized spacial score (nSPS) is 14.0. The molecule has 1 N–H and O–H groups in total. The molecule has 7 nitrogen and oxygen atoms in total. The lowest BCUT2D eigenvalue weighted by Gasteiger charge is -2.15. The second-order valence-corrected chi connectivity index (χ2v) is 5.96. The van der Waals surface area contributed by atoms with E-state index in [0.717, 1.165) is 21.6 Å². The van der Waals surface area contributed by atoms with Crippen LogP contribution in [-0.2, 0) is 17.8 Å². The number of rotatable bonds is 6. The van der Waals surface area contributed by atoms with Gasteiger partial charge in [-0.1, -0.05) is 54.6 Å². The van der Waals surface area contributed by atoms with Gasteiger partial charge in [0.1, 0.15) is 0 Å². The lowest BCUT2D eigenvalue weighted by Crippen LogP contribution is -2.41. The van der Waals surface area contributed by atoms with E-state index in [-0.39, 0.29) is 19.5 Å². The zero-order valence-corrected chi connectivity index (χ0v) is 14.7. The van der Waals surface area contributed by atoms with Crippen LogP contribution in [0, 0.1) is 0 Å². The minimum absolute atomic E-state index is 0.163. The molecule has 2 aromatic carbocycles. The molecular weight excluding hydrogens is 344 g/mol. The fourth-order valence-corrected chi connectivity index (χ4v) is 2.74. The molecule has 2 aromatic rings. The van der Waals surface area contributed by atoms with Crippen LogP contribution in [0.4, 0.5) is 9.59 Å². The van der Waals surface area contributed by atoms with Gasteiger partial charge in [0, 0.05) is 13.0 Å². The Morgan fingerprint density at radius 2 is 1.78 bits per heavy atom. The molecule has 1 fully saturated rings. The van der Waals surface area contributed by atoms with E-state index in [4.69, 9.17) is 0 Å². The van der Waals surface area contributed by atoms with E-state index in [1.54, 1.807) is 6.21 Å². The van der Waals surface area contributed by atoms with Gasteiger partial charge in [0.2, 0.25) is 6.29 Å². The Bertz CT molecular complexity index is 851. The second-order valence-electron chi connectivity index (χ2n) is 5.96. The molecule has 0 aliphatic carbocycles. The van der Waals surface area contributed by atoms with Crippen LogP contribution in [0.5, 0.6) is 0 Å². The fourth-order valence-electron chi connectivity index (χ4n) is 2.74. The molecule has 0 aromatic heterocycles. The predicted octanol–water partition coefficient (Wildman–Crippen LogP) is 2.32. The van der Waals surface area contributed by atoms with Crippen molar-refractivity contribution in [2.45, 2.75) is 13.0 Å². The third-order valence-electron chi connectivity index (χ3n) is 4.19. The first-order valence-electron chi connectivity index (χ1n) is 8.56. The van der Waals surface area contributed by atoms with E-state index in [2.05, 4.69) is 10.4 Å². The van der Waals surface area contributed by atoms with Crippen LogP contribution in [0.3, 0.4) is 0 Å². The van der Waals surface area contributed by atoms with Gasteiger partial charge in [-0.2, -0.15) is 5.10 Å². The lowest BCUT2D eigenvalue weighted by molar-refractivity contribution is 0.185. The molecule has 137 valence electrons. The molecule has 27 heavy (non-hydrogen) atoms. The smallest absolute Gasteiger partial charge is 0.333 e. The molecule has 1 radical (unpaired) electrons. The maximum atomic E-state index is 12.4. The highest BCUT2D eigenvalue weighted by Gasteiger charge is 2.33. The summed E-state index contributed by atoms with van der Waals surface area (Å²) in [5, 5.41) is 8.15. The van der Waals surface area contributed by atoms with Gasteiger partial charge in [0.05, 0.1) is 19.3 Å². The Balaban J connectivity index is 1.57. The molecule has 1 aliphatic heterocycles. The van der Waals surface area contributed by atoms with Crippen LogP contribution in [0.1, 0.15) is 16.7 Å². The molecule has 1 aliphatic rings. The van der Waals surface area contributed by atoms with Crippen LogP contribution in [0.2, 0.25) is 0 Å². The van der Waals surface area contributed by atoms with Gasteiger partial charge in [0.15, 0.2) is 0 Å². The third kappa shape index (κ3) is 4.58. The van der Waals surface area contributed by atoms with Crippen LogP contribution in [-0.4, -0.2) is 47.6 Å². The number of nitrogens with one attached hydrogen (secondary N) is 1. The van der Waals surface area contributed by atoms with E-state index >= 15 is 0 Å². The predicted molar refractivity (Wildman–Crippen MR) is 101 cm³/mol. The van der Waals surface area contributed by atoms with Crippen LogP contribution in [0.15, 0.2) is 59.7 Å². The standard InChI is InChI=1S/C20H19N4O3/c25-13-10-17-8-4-5-9-18(17)15-21-19(26)23-11-12-24(20(23)27)22-14-16-6-2-1-3-7-16/h1-9,14H,10-12,15H2,(H,21,26)/b22-14+. The van der Waals surface area contributed by atoms with Gasteiger partial charge in [-0.05, 0) is 16.7 Å². The number of carbonyl (C=O) groups excluding carboxylic acids is 3. The quantitative estimate of drug-likeness (QED) is 0.800. The second kappa shape index (κ2) is 8.75. The molecule has 3 rings (SSSR count). The Kier molecular flexibility index (Phi) is 5.94. The zero-order chi connectivity index (χ0) is 19.1. The average Bonchev–Trinajstić information content (AvgIpc) is 3.07. The molecule has 0 unspecified atom stereocenters. The topological polar surface area (TPSA) is 82.1 Å². The van der Waals surface area contributed by atoms with E-state index in [1.165, 1.54) is 5.01 Å². The number of amides is 4. The molecule has 0 atom stereocenters. The molecule has 1 heterocycles. The average molecular weight is 363 g/mol. The van der Waals surface area contributed by atoms with Gasteiger partial charge >= 0.3 is 12.1 Å². The number of hydrogen-bond donors (Lipinski definition) is 1. The van der Waals surface area contributed by atoms with Crippen molar-refractivity contribution < 1.29 is 14.4 Å². The summed E-state index contributed by atoms with van der Waals surface area (Å²) >= 11 is 0. The number of nitrogens with zero attached hydrogens (tertiary/aromatic N) is 3. The summed E-state index contributed by atoms with van der Waals surface area (Å²) in [6.45, 7) is 0.834. The number of benzene rings is 2. The number of urea groups is 2. The minimum atomic E-state index is -0.484. The zero-order valence-electron chi connectivity index (χ0n) is 14.7. The number of carbonyl (C=O) groups is 2. The summed E-state index contributed by atoms with van der Waals surface area (Å²) < 4.78 is 0. The van der Waals surface area contributed by atoms with E-state index in [0.29, 0.717) is 6.54 Å². The highest BCUT2D eigenvalue weighted by atomic mass is 16.2. The van der Waals surface area contributed by atoms with E-state index < -0.39 is 12.1 Å². The van der Waals surface area contributed by atoms with Crippen molar-refractivity contribution in [3.63, 3.8) is 0 Å². The number of hydrogen-bond acceptors (Lipinski definition) is 4. The molecule has 0 bridgehead atoms. The summed E-state index contributed by atoms with van der Waals surface area (Å²) in [6, 6.07) is 15.8. The summed E-state index contributed by atoms with van der Waals surface area (Å²) in [7, 11) is 0. The van der Waals surface area contributed by atoms with Crippen molar-refractivity contribution >= 4 is 24.6 Å². The fraction of sp³-hybridized carbons (Fsp3) is 0.200. The van der Waals surface area contributed by atoms with Gasteiger partial charge < -0.3 is 5.32 Å². The van der Waals surface area contributed by atoms with Crippen molar-refractivity contribution in [2.24, 2.45) is 5.10 Å². The third-order valence-corrected chi connectivity index (χ3v) is 4.19. The van der Waals surface area contributed by atoms with Crippen molar-refractivity contribution in [1.82, 2.24) is 15.2 Å². The molecule has 0 saturated carbocycles. The van der Waals surface area contributed by atoms with E-state index in [9.17, 15) is 14.4 Å². The van der Waals surface area contributed by atoms with Crippen molar-refractivity contribution in [3.05, 3.63) is 71.3 Å². The maximum absolute atomic E-state index is 12.4. The van der Waals surface area contributed by atoms with Crippen LogP contribution >= 0.6 is 0 Å². The molecule has 7 heteroatoms. The Morgan fingerprint density at radius 3 is 2.52 bits per heavy atom. The summed E-state index contributed by atoms with van der Waals surface area (Å²) in [5.41, 5.74) is 2.49. The molecule has 0 spiro atoms. The van der Waals surface area contributed by atoms with E-state index in [1.807, 2.05) is 60.9 Å². The van der Waals surface area contributed by atoms with Crippen molar-refractivity contribution in [2.75, 3.05) is 13.1 Å². The SMILES string of the molecule is O=[C]Cc1ccccc1CNC(=O)N1CCN(/N=C/c2ccccc2)C1=O. The molecule has 4 amide bonds. The Morgan fingerprint density at radius 1 is 1.07 bits per heavy atom. The summed E-state index contributed by atoms with van der Waals surface area (Å²) in [6.07, 6.45) is 3.61. The highest BCUT2D eigenvalue weighted by Crippen LogP contribution is 2.12. The first-order chi connectivity index (χ1) is 13.2. The van der Waals surface area contributed by atoms with Crippen molar-refractivity contribution in [1.29, 1.82) is 0 Å². The molecule has 1 saturated heterocycles. The van der Waals surface area contributed by atoms with Gasteiger partial charge in [-0.15, -0.1) is 0 Å². The monoisotopic (exact) mass is 363 g/mol. The van der Waals surface area contributed by atoms with Crippen molar-refractivity contribution in [3.8, 4) is 0 Å². The minimum Gasteiger partial charge on any atom is -0.333 e. The first-order valence-corrected chi connectivity index (χ1v) is 8.56. The Labute approximate surface area is 157 Å². The maximum Gasteiger partial charge on any atom is 0.348 e.